The first-order chi connectivity index (χ1) is 16.7. The smallest absolute Gasteiger partial charge is 0.338 e. The number of hydrogen-bond donors (Lipinski definition) is 1. The SMILES string of the molecule is COCC[C@@H](c1cc(Cl)cc(Cl)c1)N1CCC(C)(COc2cc(F)c(C(=O)O)cc2C2CC2)CC1. The molecule has 2 aromatic rings. The molecular weight excluding hydrogens is 492 g/mol. The fourth-order valence-corrected chi connectivity index (χ4v) is 5.45. The van der Waals surface area contributed by atoms with Crippen LogP contribution in [0, 0.1) is 11.2 Å². The van der Waals surface area contributed by atoms with E-state index < -0.39 is 11.8 Å². The molecule has 2 aliphatic rings. The average molecular weight is 524 g/mol. The topological polar surface area (TPSA) is 59.0 Å². The first-order valence-corrected chi connectivity index (χ1v) is 12.8. The van der Waals surface area contributed by atoms with E-state index in [2.05, 4.69) is 11.8 Å². The molecule has 0 radical (unpaired) electrons. The van der Waals surface area contributed by atoms with Crippen LogP contribution in [0.25, 0.3) is 0 Å². The summed E-state index contributed by atoms with van der Waals surface area (Å²) in [5.41, 5.74) is 1.53. The molecule has 0 unspecified atom stereocenters. The van der Waals surface area contributed by atoms with E-state index in [-0.39, 0.29) is 22.9 Å². The van der Waals surface area contributed by atoms with E-state index in [0.29, 0.717) is 29.0 Å². The third-order valence-electron chi connectivity index (χ3n) is 7.23. The number of piperidine rings is 1. The highest BCUT2D eigenvalue weighted by Gasteiger charge is 2.35. The van der Waals surface area contributed by atoms with Crippen molar-refractivity contribution >= 4 is 29.2 Å². The van der Waals surface area contributed by atoms with Gasteiger partial charge >= 0.3 is 5.97 Å². The molecule has 0 spiro atoms. The number of ether oxygens (including phenoxy) is 2. The highest BCUT2D eigenvalue weighted by atomic mass is 35.5. The average Bonchev–Trinajstić information content (AvgIpc) is 3.64. The summed E-state index contributed by atoms with van der Waals surface area (Å²) in [5.74, 6) is -1.27. The summed E-state index contributed by atoms with van der Waals surface area (Å²) in [7, 11) is 1.70. The normalized spacial score (nSPS) is 18.9. The van der Waals surface area contributed by atoms with Gasteiger partial charge in [-0.1, -0.05) is 30.1 Å². The molecule has 1 saturated carbocycles. The van der Waals surface area contributed by atoms with Crippen LogP contribution in [-0.4, -0.2) is 49.4 Å². The standard InChI is InChI=1S/C27H32Cl2FNO4/c1-27(16-35-25-15-23(30)22(26(32)33)14-21(25)17-3-4-17)6-8-31(9-7-27)24(5-10-34-2)18-11-19(28)13-20(29)12-18/h11-15,17,24H,3-10,16H2,1-2H3,(H,32,33)/t24-/m0/s1. The van der Waals surface area contributed by atoms with Crippen LogP contribution in [0.3, 0.4) is 0 Å². The van der Waals surface area contributed by atoms with Crippen molar-refractivity contribution in [3.05, 3.63) is 62.9 Å². The number of carbonyl (C=O) groups is 1. The highest BCUT2D eigenvalue weighted by Crippen LogP contribution is 2.46. The van der Waals surface area contributed by atoms with E-state index in [1.54, 1.807) is 13.2 Å². The van der Waals surface area contributed by atoms with Crippen molar-refractivity contribution in [3.63, 3.8) is 0 Å². The molecule has 0 amide bonds. The minimum Gasteiger partial charge on any atom is -0.493 e. The number of likely N-dealkylation sites (tertiary alicyclic amines) is 1. The lowest BCUT2D eigenvalue weighted by Gasteiger charge is -2.43. The Balaban J connectivity index is 1.43. The summed E-state index contributed by atoms with van der Waals surface area (Å²) in [5, 5.41) is 10.5. The van der Waals surface area contributed by atoms with Crippen LogP contribution in [0.2, 0.25) is 10.0 Å². The Hall–Kier alpha value is -1.86. The van der Waals surface area contributed by atoms with Gasteiger partial charge in [-0.3, -0.25) is 4.90 Å². The van der Waals surface area contributed by atoms with Crippen LogP contribution in [0.1, 0.15) is 72.5 Å². The lowest BCUT2D eigenvalue weighted by molar-refractivity contribution is 0.0377. The number of nitrogens with zero attached hydrogens (tertiary/aromatic N) is 1. The summed E-state index contributed by atoms with van der Waals surface area (Å²) in [4.78, 5) is 13.8. The number of rotatable bonds is 10. The van der Waals surface area contributed by atoms with E-state index in [1.807, 2.05) is 12.1 Å². The van der Waals surface area contributed by atoms with Gasteiger partial charge in [0.15, 0.2) is 0 Å². The maximum Gasteiger partial charge on any atom is 0.338 e. The van der Waals surface area contributed by atoms with Crippen LogP contribution >= 0.6 is 23.2 Å². The minimum atomic E-state index is -1.25. The number of benzene rings is 2. The molecule has 2 fully saturated rings. The zero-order valence-corrected chi connectivity index (χ0v) is 21.7. The van der Waals surface area contributed by atoms with Crippen molar-refractivity contribution in [1.82, 2.24) is 4.90 Å². The molecule has 2 aromatic carbocycles. The molecule has 5 nitrogen and oxygen atoms in total. The second-order valence-corrected chi connectivity index (χ2v) is 11.0. The Kier molecular flexibility index (Phi) is 8.26. The molecule has 8 heteroatoms. The van der Waals surface area contributed by atoms with Gasteiger partial charge in [0, 0.05) is 41.3 Å². The zero-order chi connectivity index (χ0) is 25.2. The summed E-state index contributed by atoms with van der Waals surface area (Å²) < 4.78 is 25.9. The predicted octanol–water partition coefficient (Wildman–Crippen LogP) is 6.97. The van der Waals surface area contributed by atoms with Gasteiger partial charge < -0.3 is 14.6 Å². The van der Waals surface area contributed by atoms with Crippen LogP contribution in [0.15, 0.2) is 30.3 Å². The van der Waals surface area contributed by atoms with Crippen LogP contribution in [-0.2, 0) is 4.74 Å². The van der Waals surface area contributed by atoms with Gasteiger partial charge in [0.05, 0.1) is 12.2 Å². The van der Waals surface area contributed by atoms with Crippen LogP contribution in [0.4, 0.5) is 4.39 Å². The molecule has 1 heterocycles. The summed E-state index contributed by atoms with van der Waals surface area (Å²) >= 11 is 12.6. The molecule has 35 heavy (non-hydrogen) atoms. The van der Waals surface area contributed by atoms with Crippen molar-refractivity contribution in [3.8, 4) is 5.75 Å². The van der Waals surface area contributed by atoms with Crippen LogP contribution in [0.5, 0.6) is 5.75 Å². The van der Waals surface area contributed by atoms with Gasteiger partial charge in [0.1, 0.15) is 11.6 Å². The molecule has 4 rings (SSSR count). The third kappa shape index (κ3) is 6.48. The monoisotopic (exact) mass is 523 g/mol. The molecule has 0 aromatic heterocycles. The first-order valence-electron chi connectivity index (χ1n) is 12.1. The maximum absolute atomic E-state index is 14.4. The van der Waals surface area contributed by atoms with Gasteiger partial charge in [0.25, 0.3) is 0 Å². The molecule has 190 valence electrons. The first kappa shape index (κ1) is 26.2. The van der Waals surface area contributed by atoms with Crippen molar-refractivity contribution in [2.75, 3.05) is 33.4 Å². The van der Waals surface area contributed by atoms with Gasteiger partial charge in [-0.25, -0.2) is 9.18 Å². The van der Waals surface area contributed by atoms with Gasteiger partial charge in [-0.05, 0) is 86.5 Å². The maximum atomic E-state index is 14.4. The van der Waals surface area contributed by atoms with E-state index in [4.69, 9.17) is 32.7 Å². The van der Waals surface area contributed by atoms with Gasteiger partial charge in [0.2, 0.25) is 0 Å². The van der Waals surface area contributed by atoms with Crippen molar-refractivity contribution in [2.24, 2.45) is 5.41 Å². The quantitative estimate of drug-likeness (QED) is 0.364. The fraction of sp³-hybridized carbons (Fsp3) is 0.519. The summed E-state index contributed by atoms with van der Waals surface area (Å²) in [6.45, 7) is 5.04. The Morgan fingerprint density at radius 1 is 1.17 bits per heavy atom. The lowest BCUT2D eigenvalue weighted by atomic mass is 9.80. The number of hydrogen-bond acceptors (Lipinski definition) is 4. The molecule has 1 aliphatic carbocycles. The van der Waals surface area contributed by atoms with E-state index >= 15 is 0 Å². The number of aromatic carboxylic acids is 1. The number of methoxy groups -OCH3 is 1. The van der Waals surface area contributed by atoms with Crippen molar-refractivity contribution in [2.45, 2.75) is 51.0 Å². The zero-order valence-electron chi connectivity index (χ0n) is 20.2. The lowest BCUT2D eigenvalue weighted by Crippen LogP contribution is -2.43. The third-order valence-corrected chi connectivity index (χ3v) is 7.67. The van der Waals surface area contributed by atoms with Gasteiger partial charge in [-0.2, -0.15) is 0 Å². The Morgan fingerprint density at radius 2 is 1.83 bits per heavy atom. The molecule has 0 bridgehead atoms. The number of carboxylic acids is 1. The molecular formula is C27H32Cl2FNO4. The summed E-state index contributed by atoms with van der Waals surface area (Å²) in [6, 6.07) is 8.53. The molecule has 1 N–H and O–H groups in total. The summed E-state index contributed by atoms with van der Waals surface area (Å²) in [6.07, 6.45) is 4.62. The Labute approximate surface area is 216 Å². The molecule has 1 aliphatic heterocycles. The van der Waals surface area contributed by atoms with Crippen molar-refractivity contribution < 1.29 is 23.8 Å². The largest absolute Gasteiger partial charge is 0.493 e. The van der Waals surface area contributed by atoms with E-state index in [1.165, 1.54) is 12.1 Å². The fourth-order valence-electron chi connectivity index (χ4n) is 4.90. The van der Waals surface area contributed by atoms with Crippen molar-refractivity contribution in [1.29, 1.82) is 0 Å². The Bertz CT molecular complexity index is 1050. The van der Waals surface area contributed by atoms with Crippen LogP contribution < -0.4 is 4.74 Å². The predicted molar refractivity (Wildman–Crippen MR) is 135 cm³/mol. The highest BCUT2D eigenvalue weighted by molar-refractivity contribution is 6.34. The second-order valence-electron chi connectivity index (χ2n) is 10.1. The second kappa shape index (κ2) is 11.0. The minimum absolute atomic E-state index is 0.0724. The number of carboxylic acid groups (broad SMARTS) is 1. The number of halogens is 3. The molecule has 1 saturated heterocycles. The van der Waals surface area contributed by atoms with E-state index in [0.717, 1.165) is 56.3 Å². The van der Waals surface area contributed by atoms with E-state index in [9.17, 15) is 14.3 Å². The molecule has 1 atom stereocenters. The Morgan fingerprint density at radius 3 is 2.40 bits per heavy atom. The van der Waals surface area contributed by atoms with Gasteiger partial charge in [-0.15, -0.1) is 0 Å².